The minimum Gasteiger partial charge on any atom is -0.108 e. The van der Waals surface area contributed by atoms with Crippen molar-refractivity contribution in [3.05, 3.63) is 79.0 Å². The largest absolute Gasteiger partial charge is 0.173 e. The second-order valence-electron chi connectivity index (χ2n) is 5.50. The van der Waals surface area contributed by atoms with Crippen molar-refractivity contribution in [1.29, 1.82) is 0 Å². The van der Waals surface area contributed by atoms with Gasteiger partial charge in [0.2, 0.25) is 0 Å². The maximum Gasteiger partial charge on any atom is 0.173 e. The van der Waals surface area contributed by atoms with E-state index in [1.54, 1.807) is 5.10 Å². The highest BCUT2D eigenvalue weighted by Crippen LogP contribution is 2.29. The van der Waals surface area contributed by atoms with Gasteiger partial charge in [-0.2, -0.15) is 0 Å². The molecule has 0 aliphatic carbocycles. The molecule has 0 atom stereocenters. The van der Waals surface area contributed by atoms with Crippen molar-refractivity contribution in [1.82, 2.24) is 0 Å². The maximum absolute atomic E-state index is 3.96. The molecule has 1 aromatic carbocycles. The van der Waals surface area contributed by atoms with Crippen LogP contribution in [0.2, 0.25) is 25.7 Å². The second-order valence-corrected chi connectivity index (χ2v) is 8.04. The van der Waals surface area contributed by atoms with Crippen molar-refractivity contribution >= 4 is 21.1 Å². The molecule has 0 spiro atoms. The normalized spacial score (nSPS) is 11.8. The molecule has 0 aromatic heterocycles. The van der Waals surface area contributed by atoms with Crippen molar-refractivity contribution < 1.29 is 0 Å². The Bertz CT molecular complexity index is 490. The predicted molar refractivity (Wildman–Crippen MR) is 101 cm³/mol. The Morgan fingerprint density at radius 2 is 1.57 bits per heavy atom. The molecule has 1 rings (SSSR count). The van der Waals surface area contributed by atoms with Gasteiger partial charge in [0.1, 0.15) is 0 Å². The lowest BCUT2D eigenvalue weighted by Crippen LogP contribution is -2.26. The van der Waals surface area contributed by atoms with E-state index in [-0.39, 0.29) is 0 Å². The topological polar surface area (TPSA) is 0 Å². The third kappa shape index (κ3) is 5.05. The summed E-state index contributed by atoms with van der Waals surface area (Å²) in [6.07, 6.45) is 9.06. The van der Waals surface area contributed by atoms with E-state index in [2.05, 4.69) is 63.2 Å². The molecule has 0 aliphatic rings. The third-order valence-electron chi connectivity index (χ3n) is 3.65. The van der Waals surface area contributed by atoms with Gasteiger partial charge in [-0.3, -0.25) is 0 Å². The Kier molecular flexibility index (Phi) is 7.85. The van der Waals surface area contributed by atoms with Crippen LogP contribution in [0.1, 0.15) is 12.0 Å². The molecule has 0 amide bonds. The Hall–Kier alpha value is -1.54. The fourth-order valence-electron chi connectivity index (χ4n) is 2.86. The molecule has 1 radical (unpaired) electrons. The molecular weight excluding hydrogens is 267 g/mol. The molecule has 0 nitrogen and oxygen atoms in total. The Morgan fingerprint density at radius 1 is 1.00 bits per heavy atom. The maximum atomic E-state index is 3.96. The minimum atomic E-state index is -0.547. The molecular formula is C19H26BSi. The molecule has 0 saturated heterocycles. The first kappa shape index (κ1) is 17.5. The van der Waals surface area contributed by atoms with Gasteiger partial charge in [0.05, 0.1) is 8.80 Å². The highest BCUT2D eigenvalue weighted by Gasteiger charge is 2.23. The molecule has 21 heavy (non-hydrogen) atoms. The highest BCUT2D eigenvalue weighted by atomic mass is 28.3. The van der Waals surface area contributed by atoms with E-state index in [4.69, 9.17) is 0 Å². The number of hydrogen-bond acceptors (Lipinski definition) is 0. The van der Waals surface area contributed by atoms with Crippen LogP contribution in [0.4, 0.5) is 0 Å². The van der Waals surface area contributed by atoms with Gasteiger partial charge in [0.15, 0.2) is 6.71 Å². The highest BCUT2D eigenvalue weighted by molar-refractivity contribution is 6.89. The quantitative estimate of drug-likeness (QED) is 0.404. The van der Waals surface area contributed by atoms with Gasteiger partial charge in [0.25, 0.3) is 0 Å². The first-order valence-electron chi connectivity index (χ1n) is 7.57. The van der Waals surface area contributed by atoms with Crippen molar-refractivity contribution in [2.75, 3.05) is 0 Å². The lowest BCUT2D eigenvalue weighted by molar-refractivity contribution is 1.38. The monoisotopic (exact) mass is 293 g/mol. The van der Waals surface area contributed by atoms with E-state index in [0.717, 1.165) is 19.1 Å². The zero-order valence-corrected chi connectivity index (χ0v) is 14.4. The summed E-state index contributed by atoms with van der Waals surface area (Å²) in [6.45, 7) is 17.1. The molecule has 0 bridgehead atoms. The Morgan fingerprint density at radius 3 is 2.00 bits per heavy atom. The Balaban J connectivity index is 3.42. The zero-order valence-electron chi connectivity index (χ0n) is 13.4. The molecule has 1 aromatic rings. The van der Waals surface area contributed by atoms with Gasteiger partial charge in [-0.05, 0) is 12.0 Å². The van der Waals surface area contributed by atoms with Crippen LogP contribution >= 0.6 is 0 Å². The smallest absolute Gasteiger partial charge is 0.108 e. The summed E-state index contributed by atoms with van der Waals surface area (Å²) >= 11 is 0. The van der Waals surface area contributed by atoms with E-state index in [1.807, 2.05) is 18.2 Å². The van der Waals surface area contributed by atoms with Crippen LogP contribution in [-0.2, 0) is 0 Å². The summed E-state index contributed by atoms with van der Waals surface area (Å²) in [5.41, 5.74) is 2.79. The summed E-state index contributed by atoms with van der Waals surface area (Å²) in [4.78, 5) is 0. The van der Waals surface area contributed by atoms with Crippen LogP contribution in [-0.4, -0.2) is 15.5 Å². The van der Waals surface area contributed by atoms with E-state index < -0.39 is 8.80 Å². The van der Waals surface area contributed by atoms with Gasteiger partial charge < -0.3 is 0 Å². The van der Waals surface area contributed by atoms with Crippen LogP contribution in [0.5, 0.6) is 0 Å². The summed E-state index contributed by atoms with van der Waals surface area (Å²) < 4.78 is 0. The first-order chi connectivity index (χ1) is 10.2. The van der Waals surface area contributed by atoms with E-state index >= 15 is 0 Å². The van der Waals surface area contributed by atoms with Gasteiger partial charge in [0, 0.05) is 0 Å². The number of benzene rings is 1. The molecule has 0 heterocycles. The molecule has 0 saturated carbocycles. The predicted octanol–water partition coefficient (Wildman–Crippen LogP) is 5.72. The van der Waals surface area contributed by atoms with E-state index in [9.17, 15) is 0 Å². The lowest BCUT2D eigenvalue weighted by Gasteiger charge is -2.23. The number of allylic oxidation sites excluding steroid dienone is 4. The van der Waals surface area contributed by atoms with Gasteiger partial charge in [-0.1, -0.05) is 79.9 Å². The van der Waals surface area contributed by atoms with E-state index in [0.29, 0.717) is 6.71 Å². The first-order valence-corrected chi connectivity index (χ1v) is 10.1. The fraction of sp³-hybridized carbons (Fsp3) is 0.263. The average molecular weight is 293 g/mol. The molecule has 0 unspecified atom stereocenters. The molecule has 0 fully saturated rings. The second kappa shape index (κ2) is 9.41. The van der Waals surface area contributed by atoms with Crippen molar-refractivity contribution in [2.24, 2.45) is 0 Å². The molecule has 2 heteroatoms. The number of rotatable bonds is 9. The molecule has 109 valence electrons. The van der Waals surface area contributed by atoms with Crippen LogP contribution in [0, 0.1) is 0 Å². The molecule has 0 N–H and O–H groups in total. The summed E-state index contributed by atoms with van der Waals surface area (Å²) in [6, 6.07) is 10.7. The fourth-order valence-corrected chi connectivity index (χ4v) is 4.76. The van der Waals surface area contributed by atoms with Crippen molar-refractivity contribution in [3.63, 3.8) is 0 Å². The summed E-state index contributed by atoms with van der Waals surface area (Å²) in [5, 5.41) is 1.62. The van der Waals surface area contributed by atoms with Crippen LogP contribution in [0.15, 0.2) is 73.4 Å². The van der Waals surface area contributed by atoms with Gasteiger partial charge >= 0.3 is 0 Å². The average Bonchev–Trinajstić information content (AvgIpc) is 2.48. The zero-order chi connectivity index (χ0) is 15.7. The van der Waals surface area contributed by atoms with Gasteiger partial charge in [-0.15, -0.1) is 24.8 Å². The van der Waals surface area contributed by atoms with Crippen LogP contribution in [0.25, 0.3) is 5.57 Å². The number of hydrogen-bond donors (Lipinski definition) is 0. The van der Waals surface area contributed by atoms with E-state index in [1.165, 1.54) is 11.1 Å². The van der Waals surface area contributed by atoms with Crippen LogP contribution < -0.4 is 0 Å². The SMILES string of the molecule is C=CCB(CC=C)/C(=C(\CC=C)c1ccccc1)[Si](C)C. The minimum absolute atomic E-state index is 0.527. The van der Waals surface area contributed by atoms with Crippen molar-refractivity contribution in [3.8, 4) is 0 Å². The molecule has 0 aliphatic heterocycles. The Labute approximate surface area is 132 Å². The summed E-state index contributed by atoms with van der Waals surface area (Å²) in [5.74, 6) is 0. The van der Waals surface area contributed by atoms with Crippen LogP contribution in [0.3, 0.4) is 0 Å². The third-order valence-corrected chi connectivity index (χ3v) is 5.43. The standard InChI is InChI=1S/C19H26BSi/c1-6-12-18(17-13-10-9-11-14-17)19(21(4)5)20(15-7-2)16-8-3/h6-11,13-14H,1-3,12,15-16H2,4-5H3/b19-18-. The van der Waals surface area contributed by atoms with Crippen molar-refractivity contribution in [2.45, 2.75) is 32.2 Å². The van der Waals surface area contributed by atoms with Gasteiger partial charge in [-0.25, -0.2) is 0 Å². The summed E-state index contributed by atoms with van der Waals surface area (Å²) in [7, 11) is -0.547. The lowest BCUT2D eigenvalue weighted by atomic mass is 9.43.